The van der Waals surface area contributed by atoms with Gasteiger partial charge in [-0.25, -0.2) is 13.6 Å². The van der Waals surface area contributed by atoms with Gasteiger partial charge >= 0.3 is 0 Å². The van der Waals surface area contributed by atoms with Crippen molar-refractivity contribution >= 4 is 15.9 Å². The van der Waals surface area contributed by atoms with Gasteiger partial charge in [0, 0.05) is 13.1 Å². The Bertz CT molecular complexity index is 962. The summed E-state index contributed by atoms with van der Waals surface area (Å²) in [4.78, 5) is 14.5. The summed E-state index contributed by atoms with van der Waals surface area (Å²) in [6.07, 6.45) is 0.596. The first kappa shape index (κ1) is 24.6. The topological polar surface area (TPSA) is 111 Å². The summed E-state index contributed by atoms with van der Waals surface area (Å²) in [5.74, 6) is 1.31. The monoisotopic (exact) mass is 449 g/mol. The van der Waals surface area contributed by atoms with Crippen molar-refractivity contribution in [1.82, 2.24) is 10.2 Å². The number of nitrogens with zero attached hydrogens (tertiary/aromatic N) is 1. The van der Waals surface area contributed by atoms with E-state index in [9.17, 15) is 13.2 Å². The van der Waals surface area contributed by atoms with Crippen LogP contribution in [0.3, 0.4) is 0 Å². The van der Waals surface area contributed by atoms with Crippen LogP contribution in [0.25, 0.3) is 0 Å². The average Bonchev–Trinajstić information content (AvgIpc) is 2.74. The molecule has 0 fully saturated rings. The number of rotatable bonds is 12. The van der Waals surface area contributed by atoms with Crippen molar-refractivity contribution in [3.05, 3.63) is 53.6 Å². The maximum atomic E-state index is 12.3. The lowest BCUT2D eigenvalue weighted by molar-refractivity contribution is -0.122. The van der Waals surface area contributed by atoms with Crippen molar-refractivity contribution in [3.63, 3.8) is 0 Å². The standard InChI is InChI=1S/C22H31N3O5S/c1-4-25(15-18-8-11-20(30-5-2)21(14-18)29-3)16-22(26)24-13-12-17-6-9-19(10-7-17)31(23,27)28/h6-11,14H,4-5,12-13,15-16H2,1-3H3,(H,24,26)(H2,23,27,28). The third-order valence-corrected chi connectivity index (χ3v) is 5.67. The number of ether oxygens (including phenoxy) is 2. The van der Waals surface area contributed by atoms with Gasteiger partial charge < -0.3 is 14.8 Å². The quantitative estimate of drug-likeness (QED) is 0.512. The molecule has 2 aromatic carbocycles. The number of benzene rings is 2. The SMILES string of the molecule is CCOc1ccc(CN(CC)CC(=O)NCCc2ccc(S(N)(=O)=O)cc2)cc1OC. The van der Waals surface area contributed by atoms with Gasteiger partial charge in [-0.05, 0) is 55.3 Å². The van der Waals surface area contributed by atoms with Crippen LogP contribution >= 0.6 is 0 Å². The molecule has 0 saturated heterocycles. The van der Waals surface area contributed by atoms with E-state index < -0.39 is 10.0 Å². The van der Waals surface area contributed by atoms with Crippen LogP contribution in [-0.2, 0) is 27.8 Å². The number of carbonyl (C=O) groups excluding carboxylic acids is 1. The highest BCUT2D eigenvalue weighted by Gasteiger charge is 2.12. The van der Waals surface area contributed by atoms with Crippen molar-refractivity contribution in [2.45, 2.75) is 31.7 Å². The van der Waals surface area contributed by atoms with Crippen LogP contribution in [0.5, 0.6) is 11.5 Å². The van der Waals surface area contributed by atoms with Crippen LogP contribution in [0.4, 0.5) is 0 Å². The molecule has 170 valence electrons. The third-order valence-electron chi connectivity index (χ3n) is 4.74. The summed E-state index contributed by atoms with van der Waals surface area (Å²) in [5.41, 5.74) is 1.95. The molecule has 0 unspecified atom stereocenters. The predicted molar refractivity (Wildman–Crippen MR) is 120 cm³/mol. The zero-order valence-corrected chi connectivity index (χ0v) is 19.1. The van der Waals surface area contributed by atoms with Crippen LogP contribution in [-0.4, -0.2) is 52.6 Å². The highest BCUT2D eigenvalue weighted by Crippen LogP contribution is 2.28. The molecule has 0 heterocycles. The molecule has 31 heavy (non-hydrogen) atoms. The number of amides is 1. The number of hydrogen-bond acceptors (Lipinski definition) is 6. The smallest absolute Gasteiger partial charge is 0.238 e. The summed E-state index contributed by atoms with van der Waals surface area (Å²) in [6.45, 7) is 6.56. The summed E-state index contributed by atoms with van der Waals surface area (Å²) < 4.78 is 33.5. The Kier molecular flexibility index (Phi) is 9.29. The second-order valence-corrected chi connectivity index (χ2v) is 8.57. The fraction of sp³-hybridized carbons (Fsp3) is 0.409. The number of methoxy groups -OCH3 is 1. The zero-order valence-electron chi connectivity index (χ0n) is 18.3. The second-order valence-electron chi connectivity index (χ2n) is 7.01. The molecule has 0 aliphatic carbocycles. The lowest BCUT2D eigenvalue weighted by atomic mass is 10.1. The molecule has 0 spiro atoms. The van der Waals surface area contributed by atoms with E-state index in [-0.39, 0.29) is 17.3 Å². The number of sulfonamides is 1. The fourth-order valence-corrected chi connectivity index (χ4v) is 3.59. The van der Waals surface area contributed by atoms with Crippen LogP contribution in [0, 0.1) is 0 Å². The van der Waals surface area contributed by atoms with Crippen LogP contribution in [0.1, 0.15) is 25.0 Å². The summed E-state index contributed by atoms with van der Waals surface area (Å²) in [6, 6.07) is 12.1. The molecule has 3 N–H and O–H groups in total. The van der Waals surface area contributed by atoms with Crippen LogP contribution in [0.15, 0.2) is 47.4 Å². The Labute approximate surface area is 184 Å². The van der Waals surface area contributed by atoms with Crippen molar-refractivity contribution in [1.29, 1.82) is 0 Å². The molecule has 0 atom stereocenters. The highest BCUT2D eigenvalue weighted by atomic mass is 32.2. The van der Waals surface area contributed by atoms with Crippen LogP contribution in [0.2, 0.25) is 0 Å². The van der Waals surface area contributed by atoms with Gasteiger partial charge in [-0.15, -0.1) is 0 Å². The Morgan fingerprint density at radius 1 is 1.06 bits per heavy atom. The molecule has 1 amide bonds. The molecule has 0 aliphatic heterocycles. The van der Waals surface area contributed by atoms with Gasteiger partial charge in [0.25, 0.3) is 0 Å². The van der Waals surface area contributed by atoms with Gasteiger partial charge in [0.15, 0.2) is 11.5 Å². The normalized spacial score (nSPS) is 11.4. The lowest BCUT2D eigenvalue weighted by Crippen LogP contribution is -2.37. The van der Waals surface area contributed by atoms with Gasteiger partial charge in [-0.1, -0.05) is 25.1 Å². The number of hydrogen-bond donors (Lipinski definition) is 2. The predicted octanol–water partition coefficient (Wildman–Crippen LogP) is 1.92. The van der Waals surface area contributed by atoms with Gasteiger partial charge in [-0.3, -0.25) is 9.69 Å². The van der Waals surface area contributed by atoms with E-state index in [0.717, 1.165) is 17.7 Å². The number of carbonyl (C=O) groups is 1. The van der Waals surface area contributed by atoms with Gasteiger partial charge in [-0.2, -0.15) is 0 Å². The maximum absolute atomic E-state index is 12.3. The largest absolute Gasteiger partial charge is 0.493 e. The van der Waals surface area contributed by atoms with Gasteiger partial charge in [0.2, 0.25) is 15.9 Å². The third kappa shape index (κ3) is 7.86. The van der Waals surface area contributed by atoms with E-state index in [1.807, 2.05) is 36.9 Å². The zero-order chi connectivity index (χ0) is 22.9. The number of likely N-dealkylation sites (N-methyl/N-ethyl adjacent to an activating group) is 1. The first-order valence-corrected chi connectivity index (χ1v) is 11.7. The summed E-state index contributed by atoms with van der Waals surface area (Å²) in [5, 5.41) is 8.00. The minimum Gasteiger partial charge on any atom is -0.493 e. The van der Waals surface area contributed by atoms with E-state index in [2.05, 4.69) is 5.32 Å². The van der Waals surface area contributed by atoms with E-state index in [0.29, 0.717) is 37.6 Å². The number of nitrogens with two attached hydrogens (primary N) is 1. The molecule has 0 saturated carbocycles. The van der Waals surface area contributed by atoms with Gasteiger partial charge in [0.1, 0.15) is 0 Å². The highest BCUT2D eigenvalue weighted by molar-refractivity contribution is 7.89. The minimum atomic E-state index is -3.70. The average molecular weight is 450 g/mol. The lowest BCUT2D eigenvalue weighted by Gasteiger charge is -2.21. The molecule has 0 bridgehead atoms. The molecule has 0 aromatic heterocycles. The van der Waals surface area contributed by atoms with E-state index in [1.165, 1.54) is 12.1 Å². The fourth-order valence-electron chi connectivity index (χ4n) is 3.07. The minimum absolute atomic E-state index is 0.0686. The molecule has 0 radical (unpaired) electrons. The Morgan fingerprint density at radius 3 is 2.32 bits per heavy atom. The number of primary sulfonamides is 1. The number of nitrogens with one attached hydrogen (secondary N) is 1. The first-order valence-electron chi connectivity index (χ1n) is 10.2. The van der Waals surface area contributed by atoms with E-state index >= 15 is 0 Å². The van der Waals surface area contributed by atoms with Gasteiger partial charge in [0.05, 0.1) is 25.2 Å². The Morgan fingerprint density at radius 2 is 1.74 bits per heavy atom. The molecular weight excluding hydrogens is 418 g/mol. The molecule has 2 rings (SSSR count). The van der Waals surface area contributed by atoms with Crippen molar-refractivity contribution in [2.75, 3.05) is 33.4 Å². The second kappa shape index (κ2) is 11.7. The van der Waals surface area contributed by atoms with E-state index in [1.54, 1.807) is 19.2 Å². The Balaban J connectivity index is 1.84. The van der Waals surface area contributed by atoms with Crippen molar-refractivity contribution < 1.29 is 22.7 Å². The summed E-state index contributed by atoms with van der Waals surface area (Å²) >= 11 is 0. The molecular formula is C22H31N3O5S. The van der Waals surface area contributed by atoms with Crippen molar-refractivity contribution in [3.8, 4) is 11.5 Å². The first-order chi connectivity index (χ1) is 14.8. The molecule has 8 nitrogen and oxygen atoms in total. The summed E-state index contributed by atoms with van der Waals surface area (Å²) in [7, 11) is -2.09. The molecule has 9 heteroatoms. The molecule has 0 aliphatic rings. The molecule has 2 aromatic rings. The van der Waals surface area contributed by atoms with Crippen molar-refractivity contribution in [2.24, 2.45) is 5.14 Å². The van der Waals surface area contributed by atoms with E-state index in [4.69, 9.17) is 14.6 Å². The maximum Gasteiger partial charge on any atom is 0.238 e. The van der Waals surface area contributed by atoms with Crippen LogP contribution < -0.4 is 19.9 Å². The Hall–Kier alpha value is -2.62.